The first-order chi connectivity index (χ1) is 14.5. The summed E-state index contributed by atoms with van der Waals surface area (Å²) < 4.78 is 7.36. The van der Waals surface area contributed by atoms with E-state index in [4.69, 9.17) is 10.5 Å². The number of carbonyl (C=O) groups excluding carboxylic acids is 1. The fourth-order valence-corrected chi connectivity index (χ4v) is 3.26. The lowest BCUT2D eigenvalue weighted by molar-refractivity contribution is 0.0995. The number of amides is 1. The fraction of sp³-hybridized carbons (Fsp3) is 0.238. The van der Waals surface area contributed by atoms with Crippen LogP contribution in [0, 0.1) is 0 Å². The maximum atomic E-state index is 11.5. The van der Waals surface area contributed by atoms with Gasteiger partial charge in [0.05, 0.1) is 11.4 Å². The second-order valence-corrected chi connectivity index (χ2v) is 6.98. The van der Waals surface area contributed by atoms with Gasteiger partial charge in [-0.05, 0) is 43.3 Å². The summed E-state index contributed by atoms with van der Waals surface area (Å²) in [7, 11) is 0. The van der Waals surface area contributed by atoms with E-state index in [9.17, 15) is 4.79 Å². The highest BCUT2D eigenvalue weighted by molar-refractivity contribution is 5.92. The minimum Gasteiger partial charge on any atom is -0.424 e. The van der Waals surface area contributed by atoms with Crippen LogP contribution in [0.1, 0.15) is 17.4 Å². The lowest BCUT2D eigenvalue weighted by atomic mass is 10.2. The first kappa shape index (κ1) is 19.6. The topological polar surface area (TPSA) is 111 Å². The van der Waals surface area contributed by atoms with E-state index >= 15 is 0 Å². The molecule has 3 aromatic rings. The molecular weight excluding hydrogens is 382 g/mol. The Hall–Kier alpha value is -3.72. The minimum atomic E-state index is -0.619. The van der Waals surface area contributed by atoms with Gasteiger partial charge in [0.2, 0.25) is 0 Å². The number of hydrogen-bond acceptors (Lipinski definition) is 7. The number of hydrogen-bond donors (Lipinski definition) is 2. The summed E-state index contributed by atoms with van der Waals surface area (Å²) in [6.45, 7) is 9.59. The van der Waals surface area contributed by atoms with Crippen molar-refractivity contribution in [1.82, 2.24) is 25.1 Å². The van der Waals surface area contributed by atoms with Crippen molar-refractivity contribution >= 4 is 17.3 Å². The molecule has 3 N–H and O–H groups in total. The minimum absolute atomic E-state index is 0.137. The molecule has 1 fully saturated rings. The van der Waals surface area contributed by atoms with Crippen molar-refractivity contribution in [2.45, 2.75) is 6.92 Å². The van der Waals surface area contributed by atoms with Crippen LogP contribution in [0.5, 0.6) is 11.8 Å². The molecule has 0 unspecified atom stereocenters. The number of nitrogens with zero attached hydrogens (tertiary/aromatic N) is 5. The molecule has 0 spiro atoms. The summed E-state index contributed by atoms with van der Waals surface area (Å²) in [6, 6.07) is 11.3. The highest BCUT2D eigenvalue weighted by atomic mass is 16.5. The predicted octanol–water partition coefficient (Wildman–Crippen LogP) is 2.13. The van der Waals surface area contributed by atoms with Crippen molar-refractivity contribution in [3.8, 4) is 23.1 Å². The Morgan fingerprint density at radius 3 is 2.60 bits per heavy atom. The Bertz CT molecular complexity index is 1070. The van der Waals surface area contributed by atoms with Gasteiger partial charge in [-0.25, -0.2) is 9.67 Å². The normalized spacial score (nSPS) is 13.8. The molecular formula is C21H23N7O2. The molecule has 0 atom stereocenters. The Morgan fingerprint density at radius 2 is 1.93 bits per heavy atom. The molecule has 0 bridgehead atoms. The Balaban J connectivity index is 1.56. The number of allylic oxidation sites excluding steroid dienone is 1. The van der Waals surface area contributed by atoms with Gasteiger partial charge in [-0.2, -0.15) is 10.1 Å². The van der Waals surface area contributed by atoms with Gasteiger partial charge in [-0.3, -0.25) is 4.79 Å². The number of rotatable bonds is 6. The molecule has 30 heavy (non-hydrogen) atoms. The summed E-state index contributed by atoms with van der Waals surface area (Å²) in [5.74, 6) is 0.0172. The van der Waals surface area contributed by atoms with E-state index in [1.165, 1.54) is 4.68 Å². The summed E-state index contributed by atoms with van der Waals surface area (Å²) in [5, 5.41) is 7.53. The third kappa shape index (κ3) is 4.15. The standard InChI is InChI=1S/C21H23N7O2/c1-14(2)28-19(13-18(26-28)20(22)29)17-7-8-24-21(25-17)30-16-5-3-15(4-6-16)27-11-9-23-10-12-27/h3-8,13,23H,1,9-12H2,2H3,(H2,22,29). The van der Waals surface area contributed by atoms with Gasteiger partial charge in [0.1, 0.15) is 5.75 Å². The molecule has 9 nitrogen and oxygen atoms in total. The van der Waals surface area contributed by atoms with Crippen LogP contribution in [0.3, 0.4) is 0 Å². The van der Waals surface area contributed by atoms with E-state index in [0.29, 0.717) is 22.8 Å². The summed E-state index contributed by atoms with van der Waals surface area (Å²) >= 11 is 0. The molecule has 3 heterocycles. The molecule has 4 rings (SSSR count). The molecule has 0 radical (unpaired) electrons. The number of benzene rings is 1. The summed E-state index contributed by atoms with van der Waals surface area (Å²) in [5.41, 5.74) is 8.41. The van der Waals surface area contributed by atoms with Crippen molar-refractivity contribution in [3.63, 3.8) is 0 Å². The average Bonchev–Trinajstić information content (AvgIpc) is 3.22. The van der Waals surface area contributed by atoms with E-state index in [0.717, 1.165) is 31.9 Å². The number of primary amides is 1. The van der Waals surface area contributed by atoms with Gasteiger partial charge in [-0.15, -0.1) is 0 Å². The molecule has 1 aliphatic heterocycles. The first-order valence-electron chi connectivity index (χ1n) is 9.64. The van der Waals surface area contributed by atoms with Crippen molar-refractivity contribution in [3.05, 3.63) is 54.9 Å². The number of piperazine rings is 1. The zero-order chi connectivity index (χ0) is 21.1. The van der Waals surface area contributed by atoms with Gasteiger partial charge < -0.3 is 20.7 Å². The molecule has 0 aliphatic carbocycles. The van der Waals surface area contributed by atoms with E-state index in [1.807, 2.05) is 24.3 Å². The fourth-order valence-electron chi connectivity index (χ4n) is 3.26. The van der Waals surface area contributed by atoms with Gasteiger partial charge in [0, 0.05) is 43.8 Å². The smallest absolute Gasteiger partial charge is 0.322 e. The number of nitrogens with two attached hydrogens (primary N) is 1. The van der Waals surface area contributed by atoms with Crippen LogP contribution in [-0.4, -0.2) is 51.8 Å². The second-order valence-electron chi connectivity index (χ2n) is 6.98. The lowest BCUT2D eigenvalue weighted by Gasteiger charge is -2.29. The lowest BCUT2D eigenvalue weighted by Crippen LogP contribution is -2.43. The van der Waals surface area contributed by atoms with Crippen LogP contribution in [0.4, 0.5) is 5.69 Å². The van der Waals surface area contributed by atoms with Gasteiger partial charge >= 0.3 is 6.01 Å². The molecule has 0 saturated carbocycles. The monoisotopic (exact) mass is 405 g/mol. The summed E-state index contributed by atoms with van der Waals surface area (Å²) in [4.78, 5) is 22.5. The summed E-state index contributed by atoms with van der Waals surface area (Å²) in [6.07, 6.45) is 1.59. The number of aromatic nitrogens is 4. The van der Waals surface area contributed by atoms with Crippen LogP contribution < -0.4 is 20.7 Å². The molecule has 1 saturated heterocycles. The number of ether oxygens (including phenoxy) is 1. The van der Waals surface area contributed by atoms with Crippen molar-refractivity contribution in [2.75, 3.05) is 31.1 Å². The zero-order valence-electron chi connectivity index (χ0n) is 16.7. The number of anilines is 1. The molecule has 1 aromatic carbocycles. The number of nitrogens with one attached hydrogen (secondary N) is 1. The molecule has 1 amide bonds. The largest absolute Gasteiger partial charge is 0.424 e. The number of carbonyl (C=O) groups is 1. The molecule has 154 valence electrons. The van der Waals surface area contributed by atoms with Crippen LogP contribution in [-0.2, 0) is 0 Å². The van der Waals surface area contributed by atoms with Crippen LogP contribution >= 0.6 is 0 Å². The first-order valence-corrected chi connectivity index (χ1v) is 9.64. The van der Waals surface area contributed by atoms with Crippen molar-refractivity contribution < 1.29 is 9.53 Å². The average molecular weight is 405 g/mol. The van der Waals surface area contributed by atoms with Gasteiger partial charge in [-0.1, -0.05) is 6.58 Å². The Morgan fingerprint density at radius 1 is 1.20 bits per heavy atom. The molecule has 2 aromatic heterocycles. The van der Waals surface area contributed by atoms with Crippen molar-refractivity contribution in [2.24, 2.45) is 5.73 Å². The van der Waals surface area contributed by atoms with Gasteiger partial charge in [0.15, 0.2) is 5.69 Å². The van der Waals surface area contributed by atoms with E-state index < -0.39 is 5.91 Å². The second kappa shape index (κ2) is 8.34. The highest BCUT2D eigenvalue weighted by Gasteiger charge is 2.16. The van der Waals surface area contributed by atoms with Crippen LogP contribution in [0.25, 0.3) is 17.1 Å². The zero-order valence-corrected chi connectivity index (χ0v) is 16.7. The highest BCUT2D eigenvalue weighted by Crippen LogP contribution is 2.26. The SMILES string of the molecule is C=C(C)n1nc(C(N)=O)cc1-c1ccnc(Oc2ccc(N3CCNCC3)cc2)n1. The quantitative estimate of drug-likeness (QED) is 0.646. The van der Waals surface area contributed by atoms with Crippen molar-refractivity contribution in [1.29, 1.82) is 0 Å². The maximum absolute atomic E-state index is 11.5. The third-order valence-electron chi connectivity index (χ3n) is 4.75. The third-order valence-corrected chi connectivity index (χ3v) is 4.75. The Labute approximate surface area is 174 Å². The predicted molar refractivity (Wildman–Crippen MR) is 114 cm³/mol. The molecule has 1 aliphatic rings. The van der Waals surface area contributed by atoms with Crippen LogP contribution in [0.15, 0.2) is 49.2 Å². The van der Waals surface area contributed by atoms with Crippen LogP contribution in [0.2, 0.25) is 0 Å². The van der Waals surface area contributed by atoms with E-state index in [1.54, 1.807) is 25.3 Å². The van der Waals surface area contributed by atoms with E-state index in [-0.39, 0.29) is 11.7 Å². The molecule has 9 heteroatoms. The van der Waals surface area contributed by atoms with Gasteiger partial charge in [0.25, 0.3) is 5.91 Å². The maximum Gasteiger partial charge on any atom is 0.322 e. The Kier molecular flexibility index (Phi) is 5.44. The van der Waals surface area contributed by atoms with E-state index in [2.05, 4.69) is 31.9 Å².